The number of benzene rings is 2. The van der Waals surface area contributed by atoms with Gasteiger partial charge in [-0.1, -0.05) is 64.1 Å². The molecule has 1 spiro atoms. The van der Waals surface area contributed by atoms with E-state index in [-0.39, 0.29) is 48.1 Å². The van der Waals surface area contributed by atoms with Crippen molar-refractivity contribution < 1.29 is 47.7 Å². The molecule has 4 fully saturated rings. The van der Waals surface area contributed by atoms with Crippen molar-refractivity contribution in [3.63, 3.8) is 0 Å². The van der Waals surface area contributed by atoms with Crippen molar-refractivity contribution in [3.8, 4) is 22.4 Å². The van der Waals surface area contributed by atoms with E-state index in [1.54, 1.807) is 34.3 Å². The van der Waals surface area contributed by atoms with Gasteiger partial charge in [0.25, 0.3) is 5.91 Å². The normalized spacial score (nSPS) is 20.5. The molecular formula is C51H64N10O10. The van der Waals surface area contributed by atoms with Crippen molar-refractivity contribution in [1.82, 2.24) is 40.3 Å². The lowest BCUT2D eigenvalue weighted by Gasteiger charge is -2.42. The van der Waals surface area contributed by atoms with Gasteiger partial charge in [0.15, 0.2) is 5.79 Å². The SMILES string of the molecule is COC(=O)N[C@H](C(=O)N1CCCC1C(=O)N1CCN(c2ccc(NC(=O)c3ccc(-c4ccc(-c5c[nH]c([C@@H]6CC7(CN6C(=O)[C@@H](NC(=O)OC)C(C)C)OCCO7)n5)cc4)cc3)cn2)[C@H](C)C1)C(C)C. The molecule has 1 unspecified atom stereocenters. The number of alkyl carbamates (subject to hydrolysis) is 2. The number of imidazole rings is 1. The zero-order valence-electron chi connectivity index (χ0n) is 41.3. The summed E-state index contributed by atoms with van der Waals surface area (Å²) in [4.78, 5) is 99.0. The van der Waals surface area contributed by atoms with Crippen molar-refractivity contribution in [2.75, 3.05) is 70.4 Å². The number of H-pyrrole nitrogens is 1. The number of likely N-dealkylation sites (tertiary alicyclic amines) is 2. The second-order valence-corrected chi connectivity index (χ2v) is 19.2. The molecule has 4 saturated heterocycles. The number of anilines is 2. The molecule has 0 aliphatic carbocycles. The first-order valence-corrected chi connectivity index (χ1v) is 24.3. The van der Waals surface area contributed by atoms with E-state index in [1.165, 1.54) is 14.2 Å². The maximum atomic E-state index is 14.0. The van der Waals surface area contributed by atoms with Crippen LogP contribution in [0.5, 0.6) is 0 Å². The minimum absolute atomic E-state index is 0.0611. The molecule has 4 N–H and O–H groups in total. The average Bonchev–Trinajstić information content (AvgIpc) is 4.23. The van der Waals surface area contributed by atoms with E-state index in [2.05, 4.69) is 30.8 Å². The van der Waals surface area contributed by atoms with Gasteiger partial charge in [0.1, 0.15) is 29.8 Å². The Morgan fingerprint density at radius 2 is 1.38 bits per heavy atom. The summed E-state index contributed by atoms with van der Waals surface area (Å²) in [5, 5.41) is 8.26. The molecule has 5 atom stereocenters. The molecule has 6 heterocycles. The Bertz CT molecular complexity index is 2560. The summed E-state index contributed by atoms with van der Waals surface area (Å²) in [6, 6.07) is 16.1. The van der Waals surface area contributed by atoms with Crippen LogP contribution in [0.15, 0.2) is 73.1 Å². The van der Waals surface area contributed by atoms with Gasteiger partial charge in [0.05, 0.1) is 57.6 Å². The largest absolute Gasteiger partial charge is 0.453 e. The average molecular weight is 977 g/mol. The zero-order chi connectivity index (χ0) is 50.6. The highest BCUT2D eigenvalue weighted by atomic mass is 16.7. The Morgan fingerprint density at radius 1 is 0.775 bits per heavy atom. The summed E-state index contributed by atoms with van der Waals surface area (Å²) in [6.07, 6.45) is 3.70. The number of hydrogen-bond donors (Lipinski definition) is 4. The first-order chi connectivity index (χ1) is 34.1. The molecule has 20 heteroatoms. The number of carbonyl (C=O) groups is 6. The molecule has 4 aliphatic rings. The minimum atomic E-state index is -0.956. The van der Waals surface area contributed by atoms with Gasteiger partial charge in [0, 0.05) is 56.0 Å². The van der Waals surface area contributed by atoms with Gasteiger partial charge in [-0.15, -0.1) is 0 Å². The van der Waals surface area contributed by atoms with Crippen LogP contribution in [0, 0.1) is 11.8 Å². The van der Waals surface area contributed by atoms with Gasteiger partial charge in [-0.25, -0.2) is 19.6 Å². The van der Waals surface area contributed by atoms with Crippen LogP contribution >= 0.6 is 0 Å². The van der Waals surface area contributed by atoms with E-state index in [0.717, 1.165) is 22.5 Å². The first kappa shape index (κ1) is 50.3. The van der Waals surface area contributed by atoms with Gasteiger partial charge in [-0.05, 0) is 67.0 Å². The smallest absolute Gasteiger partial charge is 0.407 e. The number of aromatic nitrogens is 3. The van der Waals surface area contributed by atoms with E-state index in [4.69, 9.17) is 23.9 Å². The molecule has 2 aromatic heterocycles. The van der Waals surface area contributed by atoms with Crippen LogP contribution in [-0.2, 0) is 33.3 Å². The summed E-state index contributed by atoms with van der Waals surface area (Å²) in [5.41, 5.74) is 4.43. The molecule has 4 aromatic rings. The summed E-state index contributed by atoms with van der Waals surface area (Å²) < 4.78 is 21.6. The van der Waals surface area contributed by atoms with Crippen LogP contribution in [0.4, 0.5) is 21.1 Å². The highest BCUT2D eigenvalue weighted by Crippen LogP contribution is 2.43. The van der Waals surface area contributed by atoms with Gasteiger partial charge in [-0.3, -0.25) is 19.2 Å². The minimum Gasteiger partial charge on any atom is -0.453 e. The lowest BCUT2D eigenvalue weighted by atomic mass is 10.0. The lowest BCUT2D eigenvalue weighted by Crippen LogP contribution is -2.59. The monoisotopic (exact) mass is 976 g/mol. The third-order valence-corrected chi connectivity index (χ3v) is 13.8. The first-order valence-electron chi connectivity index (χ1n) is 24.3. The highest BCUT2D eigenvalue weighted by Gasteiger charge is 2.53. The van der Waals surface area contributed by atoms with E-state index in [0.29, 0.717) is 81.4 Å². The topological polar surface area (TPSA) is 230 Å². The van der Waals surface area contributed by atoms with E-state index < -0.39 is 42.1 Å². The van der Waals surface area contributed by atoms with Crippen molar-refractivity contribution in [1.29, 1.82) is 0 Å². The van der Waals surface area contributed by atoms with Crippen LogP contribution in [0.3, 0.4) is 0 Å². The number of hydrogen-bond acceptors (Lipinski definition) is 13. The number of pyridine rings is 1. The van der Waals surface area contributed by atoms with Crippen LogP contribution in [0.25, 0.3) is 22.4 Å². The molecule has 4 aliphatic heterocycles. The number of amides is 6. The summed E-state index contributed by atoms with van der Waals surface area (Å²) in [6.45, 7) is 12.4. The number of methoxy groups -OCH3 is 2. The Kier molecular flexibility index (Phi) is 15.3. The fourth-order valence-corrected chi connectivity index (χ4v) is 9.91. The number of piperazine rings is 1. The van der Waals surface area contributed by atoms with Crippen molar-refractivity contribution >= 4 is 47.3 Å². The number of nitrogens with one attached hydrogen (secondary N) is 4. The molecule has 378 valence electrons. The second-order valence-electron chi connectivity index (χ2n) is 19.2. The Hall–Kier alpha value is -7.06. The molecule has 6 amide bonds. The fourth-order valence-electron chi connectivity index (χ4n) is 9.91. The molecule has 8 rings (SSSR count). The molecule has 0 saturated carbocycles. The van der Waals surface area contributed by atoms with Gasteiger partial charge < -0.3 is 59.5 Å². The van der Waals surface area contributed by atoms with Crippen molar-refractivity contribution in [2.45, 2.75) is 89.9 Å². The van der Waals surface area contributed by atoms with E-state index >= 15 is 0 Å². The number of rotatable bonds is 13. The third kappa shape index (κ3) is 11.0. The predicted octanol–water partition coefficient (Wildman–Crippen LogP) is 5.20. The maximum Gasteiger partial charge on any atom is 0.407 e. The molecular weight excluding hydrogens is 913 g/mol. The summed E-state index contributed by atoms with van der Waals surface area (Å²) >= 11 is 0. The molecule has 71 heavy (non-hydrogen) atoms. The molecule has 0 bridgehead atoms. The van der Waals surface area contributed by atoms with Gasteiger partial charge in [-0.2, -0.15) is 0 Å². The van der Waals surface area contributed by atoms with Crippen LogP contribution in [-0.4, -0.2) is 156 Å². The lowest BCUT2D eigenvalue weighted by molar-refractivity contribution is -0.153. The zero-order valence-corrected chi connectivity index (χ0v) is 41.3. The summed E-state index contributed by atoms with van der Waals surface area (Å²) in [7, 11) is 2.51. The van der Waals surface area contributed by atoms with Crippen LogP contribution in [0.1, 0.15) is 76.1 Å². The number of nitrogens with zero attached hydrogens (tertiary/aromatic N) is 6. The standard InChI is InChI=1S/C51H64N10O10/c1-30(2)42(56-49(66)68-6)47(64)60-20-8-9-39(60)46(63)58-21-22-59(32(5)28-58)41-19-18-37(26-52-41)54-45(62)36-16-12-34(13-17-36)33-10-14-35(15-11-33)38-27-53-44(55-38)40-25-51(70-23-24-71-51)29-61(40)48(65)43(31(3)4)57-50(67)69-7/h10-19,26-27,30-32,39-40,42-43H,8-9,20-25,28-29H2,1-7H3,(H,53,55)(H,54,62)(H,56,66)(H,57,67)/t32-,39?,40+,42+,43+/m1/s1. The number of aromatic amines is 1. The number of ether oxygens (including phenoxy) is 4. The third-order valence-electron chi connectivity index (χ3n) is 13.8. The van der Waals surface area contributed by atoms with Crippen molar-refractivity contribution in [2.24, 2.45) is 11.8 Å². The van der Waals surface area contributed by atoms with Gasteiger partial charge in [0.2, 0.25) is 17.7 Å². The molecule has 2 aromatic carbocycles. The Morgan fingerprint density at radius 3 is 1.96 bits per heavy atom. The summed E-state index contributed by atoms with van der Waals surface area (Å²) in [5.74, 6) is -0.999. The predicted molar refractivity (Wildman–Crippen MR) is 262 cm³/mol. The highest BCUT2D eigenvalue weighted by molar-refractivity contribution is 6.04. The van der Waals surface area contributed by atoms with Crippen molar-refractivity contribution in [3.05, 3.63) is 84.4 Å². The number of carbonyl (C=O) groups excluding carboxylic acids is 6. The van der Waals surface area contributed by atoms with E-state index in [9.17, 15) is 28.8 Å². The van der Waals surface area contributed by atoms with Gasteiger partial charge >= 0.3 is 12.2 Å². The Labute approximate surface area is 413 Å². The molecule has 20 nitrogen and oxygen atoms in total. The van der Waals surface area contributed by atoms with Crippen LogP contribution < -0.4 is 20.9 Å². The fraction of sp³-hybridized carbons (Fsp3) is 0.490. The Balaban J connectivity index is 0.848. The second kappa shape index (κ2) is 21.5. The van der Waals surface area contributed by atoms with Crippen LogP contribution in [0.2, 0.25) is 0 Å². The molecule has 0 radical (unpaired) electrons. The quantitative estimate of drug-likeness (QED) is 0.135. The maximum absolute atomic E-state index is 14.0. The van der Waals surface area contributed by atoms with E-state index in [1.807, 2.05) is 88.0 Å².